The van der Waals surface area contributed by atoms with Gasteiger partial charge in [-0.15, -0.1) is 0 Å². The second kappa shape index (κ2) is 6.63. The van der Waals surface area contributed by atoms with Crippen LogP contribution in [0.5, 0.6) is 0 Å². The summed E-state index contributed by atoms with van der Waals surface area (Å²) in [5.41, 5.74) is -2.81. The molecule has 0 bridgehead atoms. The minimum absolute atomic E-state index is 0.00993. The van der Waals surface area contributed by atoms with Crippen molar-refractivity contribution >= 4 is 11.8 Å². The van der Waals surface area contributed by atoms with Crippen LogP contribution in [0.25, 0.3) is 0 Å². The highest BCUT2D eigenvalue weighted by molar-refractivity contribution is 6.04. The lowest BCUT2D eigenvalue weighted by atomic mass is 9.60. The number of aliphatic hydroxyl groups is 3. The number of hydrogen-bond donors (Lipinski definition) is 3. The molecular formula is C25H34O6. The summed E-state index contributed by atoms with van der Waals surface area (Å²) in [6.45, 7) is 10.9. The second-order valence-electron chi connectivity index (χ2n) is 10.7. The maximum atomic E-state index is 12.9. The molecule has 170 valence electrons. The van der Waals surface area contributed by atoms with Gasteiger partial charge in [0.15, 0.2) is 5.78 Å². The third-order valence-electron chi connectivity index (χ3n) is 8.90. The third-order valence-corrected chi connectivity index (χ3v) is 8.90. The first kappa shape index (κ1) is 22.4. The number of fused-ring (bicyclic) bond motifs is 5. The van der Waals surface area contributed by atoms with Crippen LogP contribution in [0.15, 0.2) is 34.9 Å². The van der Waals surface area contributed by atoms with Crippen LogP contribution in [0.1, 0.15) is 54.4 Å². The number of allylic oxidation sites excluding steroid dienone is 1. The normalized spacial score (nSPS) is 45.6. The van der Waals surface area contributed by atoms with E-state index in [2.05, 4.69) is 0 Å². The van der Waals surface area contributed by atoms with Crippen LogP contribution in [0.2, 0.25) is 0 Å². The van der Waals surface area contributed by atoms with E-state index < -0.39 is 34.1 Å². The van der Waals surface area contributed by atoms with Crippen LogP contribution in [-0.2, 0) is 14.3 Å². The van der Waals surface area contributed by atoms with Crippen molar-refractivity contribution in [3.05, 3.63) is 34.9 Å². The number of rotatable bonds is 3. The summed E-state index contributed by atoms with van der Waals surface area (Å²) < 4.78 is 6.12. The summed E-state index contributed by atoms with van der Waals surface area (Å²) in [5.74, 6) is -2.55. The maximum Gasteiger partial charge on any atom is 0.333 e. The van der Waals surface area contributed by atoms with Crippen LogP contribution in [0.3, 0.4) is 0 Å². The molecule has 31 heavy (non-hydrogen) atoms. The Labute approximate surface area is 183 Å². The molecular weight excluding hydrogens is 396 g/mol. The molecule has 4 aliphatic rings. The molecule has 0 saturated heterocycles. The quantitative estimate of drug-likeness (QED) is 0.361. The van der Waals surface area contributed by atoms with Crippen molar-refractivity contribution in [2.75, 3.05) is 6.61 Å². The van der Waals surface area contributed by atoms with E-state index in [0.717, 1.165) is 0 Å². The van der Waals surface area contributed by atoms with Gasteiger partial charge < -0.3 is 20.1 Å². The number of hydrogen-bond acceptors (Lipinski definition) is 6. The smallest absolute Gasteiger partial charge is 0.333 e. The van der Waals surface area contributed by atoms with E-state index in [4.69, 9.17) is 4.74 Å². The summed E-state index contributed by atoms with van der Waals surface area (Å²) in [5, 5.41) is 33.7. The Hall–Kier alpha value is -1.76. The highest BCUT2D eigenvalue weighted by Crippen LogP contribution is 2.76. The molecule has 0 radical (unpaired) electrons. The molecule has 2 fully saturated rings. The summed E-state index contributed by atoms with van der Waals surface area (Å²) in [6.07, 6.45) is 5.70. The molecule has 0 aromatic heterocycles. The lowest BCUT2D eigenvalue weighted by molar-refractivity contribution is -0.185. The first-order valence-corrected chi connectivity index (χ1v) is 11.2. The molecule has 0 spiro atoms. The van der Waals surface area contributed by atoms with Gasteiger partial charge in [0.2, 0.25) is 0 Å². The van der Waals surface area contributed by atoms with E-state index in [1.807, 2.05) is 26.8 Å². The van der Waals surface area contributed by atoms with Crippen molar-refractivity contribution in [3.63, 3.8) is 0 Å². The zero-order chi connectivity index (χ0) is 23.1. The van der Waals surface area contributed by atoms with Gasteiger partial charge in [0.05, 0.1) is 12.2 Å². The van der Waals surface area contributed by atoms with Gasteiger partial charge in [-0.05, 0) is 44.3 Å². The van der Waals surface area contributed by atoms with Crippen molar-refractivity contribution in [2.45, 2.75) is 71.2 Å². The van der Waals surface area contributed by atoms with Gasteiger partial charge in [-0.2, -0.15) is 0 Å². The van der Waals surface area contributed by atoms with Crippen molar-refractivity contribution < 1.29 is 29.6 Å². The topological polar surface area (TPSA) is 104 Å². The molecule has 7 atom stereocenters. The SMILES string of the molecule is C/C=C(/C)C(=O)OC12CC(C)C3(O)C(C=C(CO)C[C@]4(O)C(=O)C(C)=CC34)C1C2(C)C. The fourth-order valence-corrected chi connectivity index (χ4v) is 6.96. The van der Waals surface area contributed by atoms with Crippen molar-refractivity contribution in [1.82, 2.24) is 0 Å². The van der Waals surface area contributed by atoms with Crippen LogP contribution in [-0.4, -0.2) is 50.5 Å². The van der Waals surface area contributed by atoms with E-state index in [1.54, 1.807) is 32.9 Å². The number of esters is 1. The summed E-state index contributed by atoms with van der Waals surface area (Å²) in [6, 6.07) is 0. The lowest BCUT2D eigenvalue weighted by Gasteiger charge is -2.50. The molecule has 3 N–H and O–H groups in total. The Morgan fingerprint density at radius 2 is 1.94 bits per heavy atom. The Morgan fingerprint density at radius 1 is 1.29 bits per heavy atom. The fraction of sp³-hybridized carbons (Fsp3) is 0.680. The highest BCUT2D eigenvalue weighted by atomic mass is 16.6. The zero-order valence-electron chi connectivity index (χ0n) is 19.2. The Morgan fingerprint density at radius 3 is 2.52 bits per heavy atom. The number of ketones is 1. The Bertz CT molecular complexity index is 942. The molecule has 6 unspecified atom stereocenters. The van der Waals surface area contributed by atoms with E-state index in [9.17, 15) is 24.9 Å². The predicted molar refractivity (Wildman–Crippen MR) is 115 cm³/mol. The number of Topliss-reactive ketones (excluding diaryl/α,β-unsaturated/α-hetero) is 1. The van der Waals surface area contributed by atoms with Gasteiger partial charge in [-0.1, -0.05) is 39.0 Å². The monoisotopic (exact) mass is 430 g/mol. The predicted octanol–water partition coefficient (Wildman–Crippen LogP) is 2.48. The molecule has 6 heteroatoms. The van der Waals surface area contributed by atoms with Crippen LogP contribution in [0.4, 0.5) is 0 Å². The van der Waals surface area contributed by atoms with Gasteiger partial charge in [-0.3, -0.25) is 4.79 Å². The third kappa shape index (κ3) is 2.61. The molecule has 0 heterocycles. The van der Waals surface area contributed by atoms with Gasteiger partial charge in [-0.25, -0.2) is 4.79 Å². The van der Waals surface area contributed by atoms with E-state index in [-0.39, 0.29) is 36.6 Å². The molecule has 0 aliphatic heterocycles. The summed E-state index contributed by atoms with van der Waals surface area (Å²) >= 11 is 0. The van der Waals surface area contributed by atoms with E-state index in [1.165, 1.54) is 0 Å². The second-order valence-corrected chi connectivity index (χ2v) is 10.7. The average molecular weight is 431 g/mol. The molecule has 6 nitrogen and oxygen atoms in total. The molecule has 2 saturated carbocycles. The summed E-state index contributed by atoms with van der Waals surface area (Å²) in [4.78, 5) is 25.6. The minimum Gasteiger partial charge on any atom is -0.455 e. The first-order valence-electron chi connectivity index (χ1n) is 11.2. The molecule has 0 aromatic rings. The molecule has 4 rings (SSSR count). The number of carbonyl (C=O) groups is 2. The van der Waals surface area contributed by atoms with Crippen molar-refractivity contribution in [3.8, 4) is 0 Å². The largest absolute Gasteiger partial charge is 0.455 e. The first-order chi connectivity index (χ1) is 14.3. The highest BCUT2D eigenvalue weighted by Gasteiger charge is 2.83. The van der Waals surface area contributed by atoms with Crippen LogP contribution < -0.4 is 0 Å². The molecule has 0 amide bonds. The maximum absolute atomic E-state index is 12.9. The van der Waals surface area contributed by atoms with Gasteiger partial charge in [0, 0.05) is 35.2 Å². The Kier molecular flexibility index (Phi) is 4.79. The van der Waals surface area contributed by atoms with Crippen LogP contribution >= 0.6 is 0 Å². The zero-order valence-corrected chi connectivity index (χ0v) is 19.2. The van der Waals surface area contributed by atoms with E-state index >= 15 is 0 Å². The average Bonchev–Trinajstić information content (AvgIpc) is 3.11. The van der Waals surface area contributed by atoms with Gasteiger partial charge in [0.1, 0.15) is 11.2 Å². The van der Waals surface area contributed by atoms with Crippen molar-refractivity contribution in [1.29, 1.82) is 0 Å². The van der Waals surface area contributed by atoms with Gasteiger partial charge in [0.25, 0.3) is 0 Å². The number of aliphatic hydroxyl groups excluding tert-OH is 1. The standard InChI is InChI=1S/C25H34O6/c1-7-13(2)21(28)31-24-10-15(4)25(30)17(19(24)22(24,5)6)9-16(12-26)11-23(29)18(25)8-14(3)20(23)27/h7-9,15,17-19,26,29-30H,10-12H2,1-6H3/b13-7-/t15?,17?,18?,19?,23-,24?,25?/m1/s1. The van der Waals surface area contributed by atoms with E-state index in [0.29, 0.717) is 23.1 Å². The lowest BCUT2D eigenvalue weighted by Crippen LogP contribution is -2.61. The fourth-order valence-electron chi connectivity index (χ4n) is 6.96. The minimum atomic E-state index is -1.77. The Balaban J connectivity index is 1.85. The number of ether oxygens (including phenoxy) is 1. The van der Waals surface area contributed by atoms with Crippen molar-refractivity contribution in [2.24, 2.45) is 29.1 Å². The van der Waals surface area contributed by atoms with Crippen LogP contribution in [0, 0.1) is 29.1 Å². The molecule has 0 aromatic carbocycles. The number of carbonyl (C=O) groups excluding carboxylic acids is 2. The molecule has 4 aliphatic carbocycles. The summed E-state index contributed by atoms with van der Waals surface area (Å²) in [7, 11) is 0. The van der Waals surface area contributed by atoms with Gasteiger partial charge >= 0.3 is 5.97 Å².